The number of ether oxygens (including phenoxy) is 1. The molecule has 0 unspecified atom stereocenters. The number of hydrogen-bond acceptors (Lipinski definition) is 7. The number of carbonyl (C=O) groups is 3. The van der Waals surface area contributed by atoms with E-state index in [0.717, 1.165) is 10.4 Å². The van der Waals surface area contributed by atoms with Gasteiger partial charge in [0.05, 0.1) is 6.61 Å². The van der Waals surface area contributed by atoms with Crippen molar-refractivity contribution in [3.05, 3.63) is 11.1 Å². The molecule has 0 aromatic rings. The van der Waals surface area contributed by atoms with Crippen LogP contribution < -0.4 is 10.7 Å². The van der Waals surface area contributed by atoms with Crippen LogP contribution in [-0.4, -0.2) is 58.5 Å². The van der Waals surface area contributed by atoms with E-state index in [-0.39, 0.29) is 5.70 Å². The Kier molecular flexibility index (Phi) is 7.74. The number of thiol groups is 1. The molecular formula is C12H21N3O6S. The molecule has 126 valence electrons. The maximum atomic E-state index is 11.9. The number of aliphatic carboxylic acids is 1. The number of carboxylic acids is 1. The lowest BCUT2D eigenvalue weighted by Crippen LogP contribution is -2.49. The molecule has 0 rings (SSSR count). The molecule has 0 aromatic heterocycles. The lowest BCUT2D eigenvalue weighted by atomic mass is 10.2. The minimum atomic E-state index is -1.47. The second kappa shape index (κ2) is 8.49. The van der Waals surface area contributed by atoms with Gasteiger partial charge in [-0.15, -0.1) is 12.6 Å². The summed E-state index contributed by atoms with van der Waals surface area (Å²) in [7, 11) is 1.35. The summed E-state index contributed by atoms with van der Waals surface area (Å²) >= 11 is 3.84. The zero-order chi connectivity index (χ0) is 17.5. The molecule has 9 nitrogen and oxygen atoms in total. The number of carbonyl (C=O) groups excluding carboxylic acids is 2. The summed E-state index contributed by atoms with van der Waals surface area (Å²) in [6.07, 6.45) is -0.799. The SMILES string of the molecule is CN(NC(=O)OC(C)(C)C)/C(=C\S)C(=O)N[C@@H](CO)C(=O)O. The molecule has 0 saturated carbocycles. The third-order valence-electron chi connectivity index (χ3n) is 2.16. The van der Waals surface area contributed by atoms with Crippen LogP contribution in [0.2, 0.25) is 0 Å². The highest BCUT2D eigenvalue weighted by Crippen LogP contribution is 2.08. The van der Waals surface area contributed by atoms with Crippen LogP contribution in [0.3, 0.4) is 0 Å². The summed E-state index contributed by atoms with van der Waals surface area (Å²) in [5.74, 6) is -2.23. The van der Waals surface area contributed by atoms with Crippen LogP contribution in [0.1, 0.15) is 20.8 Å². The molecule has 0 heterocycles. The van der Waals surface area contributed by atoms with E-state index in [1.807, 2.05) is 0 Å². The molecule has 0 saturated heterocycles. The summed E-state index contributed by atoms with van der Waals surface area (Å²) in [5.41, 5.74) is 1.41. The smallest absolute Gasteiger partial charge is 0.426 e. The number of aliphatic hydroxyl groups is 1. The summed E-state index contributed by atoms with van der Waals surface area (Å²) in [4.78, 5) is 34.3. The van der Waals surface area contributed by atoms with Gasteiger partial charge >= 0.3 is 12.1 Å². The predicted octanol–water partition coefficient (Wildman–Crippen LogP) is -0.309. The van der Waals surface area contributed by atoms with E-state index < -0.39 is 36.2 Å². The Morgan fingerprint density at radius 1 is 1.36 bits per heavy atom. The van der Waals surface area contributed by atoms with Gasteiger partial charge < -0.3 is 20.3 Å². The maximum Gasteiger partial charge on any atom is 0.426 e. The van der Waals surface area contributed by atoms with Gasteiger partial charge in [0.2, 0.25) is 0 Å². The number of rotatable bonds is 6. The van der Waals surface area contributed by atoms with E-state index in [2.05, 4.69) is 23.4 Å². The molecule has 0 radical (unpaired) electrons. The number of likely N-dealkylation sites (N-methyl/N-ethyl adjacent to an activating group) is 1. The topological polar surface area (TPSA) is 128 Å². The van der Waals surface area contributed by atoms with Crippen molar-refractivity contribution in [1.82, 2.24) is 15.8 Å². The van der Waals surface area contributed by atoms with Gasteiger partial charge in [-0.05, 0) is 26.2 Å². The van der Waals surface area contributed by atoms with Gasteiger partial charge in [-0.2, -0.15) is 0 Å². The third kappa shape index (κ3) is 7.18. The van der Waals surface area contributed by atoms with Crippen LogP contribution in [0.25, 0.3) is 0 Å². The Labute approximate surface area is 133 Å². The van der Waals surface area contributed by atoms with E-state index >= 15 is 0 Å². The summed E-state index contributed by atoms with van der Waals surface area (Å²) < 4.78 is 5.01. The molecule has 0 fully saturated rings. The van der Waals surface area contributed by atoms with Crippen molar-refractivity contribution < 1.29 is 29.3 Å². The second-order valence-electron chi connectivity index (χ2n) is 5.23. The molecular weight excluding hydrogens is 314 g/mol. The normalized spacial score (nSPS) is 13.1. The Balaban J connectivity index is 4.79. The second-order valence-corrected chi connectivity index (χ2v) is 5.49. The molecule has 10 heteroatoms. The first-order chi connectivity index (χ1) is 10.0. The van der Waals surface area contributed by atoms with Gasteiger partial charge in [0.15, 0.2) is 6.04 Å². The molecule has 0 aliphatic rings. The highest BCUT2D eigenvalue weighted by Gasteiger charge is 2.24. The molecule has 0 aliphatic heterocycles. The quantitative estimate of drug-likeness (QED) is 0.256. The summed E-state index contributed by atoms with van der Waals surface area (Å²) in [5, 5.41) is 21.8. The van der Waals surface area contributed by atoms with Crippen LogP contribution in [0.4, 0.5) is 4.79 Å². The summed E-state index contributed by atoms with van der Waals surface area (Å²) in [6.45, 7) is 4.25. The predicted molar refractivity (Wildman–Crippen MR) is 80.9 cm³/mol. The van der Waals surface area contributed by atoms with Crippen molar-refractivity contribution in [3.8, 4) is 0 Å². The number of nitrogens with zero attached hydrogens (tertiary/aromatic N) is 1. The molecule has 0 spiro atoms. The van der Waals surface area contributed by atoms with Crippen LogP contribution in [0, 0.1) is 0 Å². The van der Waals surface area contributed by atoms with Crippen molar-refractivity contribution in [2.75, 3.05) is 13.7 Å². The van der Waals surface area contributed by atoms with Gasteiger partial charge in [0.25, 0.3) is 5.91 Å². The lowest BCUT2D eigenvalue weighted by molar-refractivity contribution is -0.142. The monoisotopic (exact) mass is 335 g/mol. The molecule has 0 aromatic carbocycles. The van der Waals surface area contributed by atoms with Crippen LogP contribution in [0.15, 0.2) is 11.1 Å². The van der Waals surface area contributed by atoms with Crippen molar-refractivity contribution >= 4 is 30.6 Å². The molecule has 22 heavy (non-hydrogen) atoms. The maximum absolute atomic E-state index is 11.9. The minimum Gasteiger partial charge on any atom is -0.480 e. The number of nitrogens with one attached hydrogen (secondary N) is 2. The first-order valence-electron chi connectivity index (χ1n) is 6.24. The molecule has 0 aliphatic carbocycles. The average molecular weight is 335 g/mol. The molecule has 2 amide bonds. The Bertz CT molecular complexity index is 460. The van der Waals surface area contributed by atoms with Gasteiger partial charge in [-0.3, -0.25) is 9.80 Å². The minimum absolute atomic E-state index is 0.145. The van der Waals surface area contributed by atoms with Gasteiger partial charge in [0.1, 0.15) is 11.3 Å². The van der Waals surface area contributed by atoms with E-state index in [4.69, 9.17) is 14.9 Å². The first kappa shape index (κ1) is 20.1. The van der Waals surface area contributed by atoms with Crippen molar-refractivity contribution in [2.24, 2.45) is 0 Å². The van der Waals surface area contributed by atoms with E-state index in [1.54, 1.807) is 20.8 Å². The van der Waals surface area contributed by atoms with Gasteiger partial charge in [-0.1, -0.05) is 0 Å². The lowest BCUT2D eigenvalue weighted by Gasteiger charge is -2.26. The third-order valence-corrected chi connectivity index (χ3v) is 2.40. The van der Waals surface area contributed by atoms with Crippen LogP contribution in [0.5, 0.6) is 0 Å². The fourth-order valence-corrected chi connectivity index (χ4v) is 1.50. The largest absolute Gasteiger partial charge is 0.480 e. The Hall–Kier alpha value is -1.94. The average Bonchev–Trinajstić information content (AvgIpc) is 2.33. The fourth-order valence-electron chi connectivity index (χ4n) is 1.21. The van der Waals surface area contributed by atoms with Gasteiger partial charge in [0, 0.05) is 7.05 Å². The molecule has 0 bridgehead atoms. The van der Waals surface area contributed by atoms with Crippen molar-refractivity contribution in [1.29, 1.82) is 0 Å². The van der Waals surface area contributed by atoms with E-state index in [1.165, 1.54) is 7.05 Å². The number of hydrazine groups is 1. The van der Waals surface area contributed by atoms with E-state index in [9.17, 15) is 14.4 Å². The summed E-state index contributed by atoms with van der Waals surface area (Å²) in [6, 6.07) is -1.47. The first-order valence-corrected chi connectivity index (χ1v) is 6.75. The number of hydrogen-bond donors (Lipinski definition) is 5. The van der Waals surface area contributed by atoms with Crippen molar-refractivity contribution in [2.45, 2.75) is 32.4 Å². The Morgan fingerprint density at radius 3 is 2.27 bits per heavy atom. The highest BCUT2D eigenvalue weighted by molar-refractivity contribution is 7.83. The number of carboxylic acid groups (broad SMARTS) is 1. The van der Waals surface area contributed by atoms with Crippen LogP contribution >= 0.6 is 12.6 Å². The fraction of sp³-hybridized carbons (Fsp3) is 0.583. The van der Waals surface area contributed by atoms with Crippen LogP contribution in [-0.2, 0) is 14.3 Å². The zero-order valence-electron chi connectivity index (χ0n) is 12.8. The zero-order valence-corrected chi connectivity index (χ0v) is 13.7. The number of aliphatic hydroxyl groups excluding tert-OH is 1. The highest BCUT2D eigenvalue weighted by atomic mass is 32.1. The van der Waals surface area contributed by atoms with Gasteiger partial charge in [-0.25, -0.2) is 15.0 Å². The van der Waals surface area contributed by atoms with E-state index in [0.29, 0.717) is 0 Å². The molecule has 4 N–H and O–H groups in total. The Morgan fingerprint density at radius 2 is 1.91 bits per heavy atom. The number of amides is 2. The van der Waals surface area contributed by atoms with Crippen molar-refractivity contribution in [3.63, 3.8) is 0 Å². The standard InChI is InChI=1S/C12H21N3O6S/c1-12(2,3)21-11(20)14-15(4)8(6-22)9(17)13-7(5-16)10(18)19/h6-7,16,22H,5H2,1-4H3,(H,13,17)(H,14,20)(H,18,19)/b8-6-/t7-/m0/s1. The molecule has 1 atom stereocenters.